The van der Waals surface area contributed by atoms with E-state index in [0.717, 1.165) is 0 Å². The molecular weight excluding hydrogens is 294 g/mol. The fourth-order valence-electron chi connectivity index (χ4n) is 3.13. The monoisotopic (exact) mass is 317 g/mol. The van der Waals surface area contributed by atoms with Crippen LogP contribution in [0.5, 0.6) is 5.75 Å². The fourth-order valence-corrected chi connectivity index (χ4v) is 3.13. The third kappa shape index (κ3) is 3.66. The van der Waals surface area contributed by atoms with Crippen molar-refractivity contribution >= 4 is 11.9 Å². The van der Waals surface area contributed by atoms with Crippen LogP contribution >= 0.6 is 0 Å². The summed E-state index contributed by atoms with van der Waals surface area (Å²) in [6.07, 6.45) is 2.92. The zero-order valence-electron chi connectivity index (χ0n) is 13.4. The molecule has 23 heavy (non-hydrogen) atoms. The lowest BCUT2D eigenvalue weighted by molar-refractivity contribution is -0.145. The zero-order valence-corrected chi connectivity index (χ0v) is 13.4. The second-order valence-electron chi connectivity index (χ2n) is 6.71. The van der Waals surface area contributed by atoms with Crippen molar-refractivity contribution in [3.05, 3.63) is 29.8 Å². The van der Waals surface area contributed by atoms with Crippen LogP contribution < -0.4 is 4.74 Å². The minimum atomic E-state index is -0.766. The van der Waals surface area contributed by atoms with Gasteiger partial charge in [0.2, 0.25) is 0 Å². The molecule has 2 unspecified atom stereocenters. The number of hydrogen-bond donors (Lipinski definition) is 1. The first kappa shape index (κ1) is 15.8. The van der Waals surface area contributed by atoms with Crippen LogP contribution in [0.1, 0.15) is 36.5 Å². The lowest BCUT2D eigenvalue weighted by Crippen LogP contribution is -2.45. The highest BCUT2D eigenvalue weighted by Gasteiger charge is 2.34. The Hall–Kier alpha value is -2.04. The number of nitrogens with zero attached hydrogens (tertiary/aromatic N) is 1. The van der Waals surface area contributed by atoms with E-state index in [1.165, 1.54) is 12.8 Å². The van der Waals surface area contributed by atoms with Crippen LogP contribution in [0.3, 0.4) is 0 Å². The molecule has 1 N–H and O–H groups in total. The van der Waals surface area contributed by atoms with Gasteiger partial charge in [0, 0.05) is 13.1 Å². The number of likely N-dealkylation sites (tertiary alicyclic amines) is 1. The van der Waals surface area contributed by atoms with Gasteiger partial charge in [0.25, 0.3) is 5.91 Å². The molecule has 1 saturated carbocycles. The van der Waals surface area contributed by atoms with Crippen molar-refractivity contribution in [1.82, 2.24) is 4.90 Å². The number of aliphatic carboxylic acids is 1. The normalized spacial score (nSPS) is 24.3. The maximum absolute atomic E-state index is 12.8. The highest BCUT2D eigenvalue weighted by atomic mass is 16.5. The third-order valence-corrected chi connectivity index (χ3v) is 4.80. The molecule has 1 saturated heterocycles. The lowest BCUT2D eigenvalue weighted by atomic mass is 9.87. The first-order valence-corrected chi connectivity index (χ1v) is 8.30. The Morgan fingerprint density at radius 1 is 1.26 bits per heavy atom. The Morgan fingerprint density at radius 3 is 2.65 bits per heavy atom. The number of carbonyl (C=O) groups excluding carboxylic acids is 1. The topological polar surface area (TPSA) is 66.8 Å². The first-order chi connectivity index (χ1) is 11.1. The summed E-state index contributed by atoms with van der Waals surface area (Å²) in [5.41, 5.74) is 0.578. The van der Waals surface area contributed by atoms with Gasteiger partial charge in [0.05, 0.1) is 18.1 Å². The van der Waals surface area contributed by atoms with Crippen molar-refractivity contribution in [1.29, 1.82) is 0 Å². The van der Waals surface area contributed by atoms with Crippen LogP contribution in [-0.2, 0) is 4.79 Å². The van der Waals surface area contributed by atoms with Crippen LogP contribution in [0.25, 0.3) is 0 Å². The standard InChI is InChI=1S/C18H23NO4/c1-12-10-19(9-8-14(12)18(21)22)17(20)15-4-2-3-5-16(15)23-11-13-6-7-13/h2-5,12-14H,6-11H2,1H3,(H,21,22). The van der Waals surface area contributed by atoms with Gasteiger partial charge in [-0.05, 0) is 43.2 Å². The predicted octanol–water partition coefficient (Wildman–Crippen LogP) is 2.66. The molecule has 124 valence electrons. The van der Waals surface area contributed by atoms with E-state index in [9.17, 15) is 14.7 Å². The Kier molecular flexibility index (Phi) is 4.55. The largest absolute Gasteiger partial charge is 0.492 e. The Labute approximate surface area is 136 Å². The van der Waals surface area contributed by atoms with Gasteiger partial charge in [-0.3, -0.25) is 9.59 Å². The first-order valence-electron chi connectivity index (χ1n) is 8.30. The van der Waals surface area contributed by atoms with E-state index in [0.29, 0.717) is 43.3 Å². The van der Waals surface area contributed by atoms with E-state index in [2.05, 4.69) is 0 Å². The molecule has 0 bridgehead atoms. The lowest BCUT2D eigenvalue weighted by Gasteiger charge is -2.35. The fraction of sp³-hybridized carbons (Fsp3) is 0.556. The molecule has 1 aromatic rings. The van der Waals surface area contributed by atoms with E-state index in [-0.39, 0.29) is 17.7 Å². The molecule has 1 heterocycles. The molecule has 2 fully saturated rings. The minimum Gasteiger partial charge on any atom is -0.492 e. The average Bonchev–Trinajstić information content (AvgIpc) is 3.36. The van der Waals surface area contributed by atoms with Crippen molar-refractivity contribution in [3.8, 4) is 5.75 Å². The molecule has 1 aliphatic heterocycles. The quantitative estimate of drug-likeness (QED) is 0.906. The van der Waals surface area contributed by atoms with E-state index >= 15 is 0 Å². The molecule has 1 amide bonds. The molecule has 0 aromatic heterocycles. The molecule has 0 radical (unpaired) electrons. The van der Waals surface area contributed by atoms with Gasteiger partial charge in [0.15, 0.2) is 0 Å². The second kappa shape index (κ2) is 6.60. The van der Waals surface area contributed by atoms with Gasteiger partial charge in [-0.25, -0.2) is 0 Å². The van der Waals surface area contributed by atoms with E-state index in [4.69, 9.17) is 4.74 Å². The molecule has 2 aliphatic rings. The Bertz CT molecular complexity index is 596. The number of para-hydroxylation sites is 1. The Morgan fingerprint density at radius 2 is 2.00 bits per heavy atom. The van der Waals surface area contributed by atoms with Gasteiger partial charge < -0.3 is 14.7 Å². The van der Waals surface area contributed by atoms with E-state index < -0.39 is 5.97 Å². The summed E-state index contributed by atoms with van der Waals surface area (Å²) in [5, 5.41) is 9.20. The number of hydrogen-bond acceptors (Lipinski definition) is 3. The molecular formula is C18H23NO4. The predicted molar refractivity (Wildman–Crippen MR) is 85.5 cm³/mol. The molecule has 2 atom stereocenters. The average molecular weight is 317 g/mol. The second-order valence-corrected chi connectivity index (χ2v) is 6.71. The summed E-state index contributed by atoms with van der Waals surface area (Å²) in [5.74, 6) is 0.0388. The van der Waals surface area contributed by atoms with Crippen LogP contribution in [0.2, 0.25) is 0 Å². The minimum absolute atomic E-state index is 0.0373. The third-order valence-electron chi connectivity index (χ3n) is 4.80. The van der Waals surface area contributed by atoms with Crippen molar-refractivity contribution in [2.24, 2.45) is 17.8 Å². The highest BCUT2D eigenvalue weighted by Crippen LogP contribution is 2.31. The summed E-state index contributed by atoms with van der Waals surface area (Å²) < 4.78 is 5.82. The summed E-state index contributed by atoms with van der Waals surface area (Å²) >= 11 is 0. The molecule has 3 rings (SSSR count). The van der Waals surface area contributed by atoms with E-state index in [1.807, 2.05) is 25.1 Å². The van der Waals surface area contributed by atoms with Crippen LogP contribution in [0, 0.1) is 17.8 Å². The number of rotatable bonds is 5. The van der Waals surface area contributed by atoms with Crippen molar-refractivity contribution < 1.29 is 19.4 Å². The van der Waals surface area contributed by atoms with Gasteiger partial charge in [0.1, 0.15) is 5.75 Å². The molecule has 1 aromatic carbocycles. The summed E-state index contributed by atoms with van der Waals surface area (Å²) in [6.45, 7) is 3.53. The summed E-state index contributed by atoms with van der Waals surface area (Å²) in [6, 6.07) is 7.34. The highest BCUT2D eigenvalue weighted by molar-refractivity contribution is 5.97. The van der Waals surface area contributed by atoms with Gasteiger partial charge >= 0.3 is 5.97 Å². The van der Waals surface area contributed by atoms with Gasteiger partial charge in [-0.2, -0.15) is 0 Å². The number of ether oxygens (including phenoxy) is 1. The van der Waals surface area contributed by atoms with Crippen LogP contribution in [0.4, 0.5) is 0 Å². The van der Waals surface area contributed by atoms with Gasteiger partial charge in [-0.1, -0.05) is 19.1 Å². The number of carbonyl (C=O) groups is 2. The molecule has 5 nitrogen and oxygen atoms in total. The number of benzene rings is 1. The summed E-state index contributed by atoms with van der Waals surface area (Å²) in [7, 11) is 0. The number of carboxylic acid groups (broad SMARTS) is 1. The number of amides is 1. The van der Waals surface area contributed by atoms with Crippen LogP contribution in [-0.4, -0.2) is 41.6 Å². The van der Waals surface area contributed by atoms with Crippen molar-refractivity contribution in [2.75, 3.05) is 19.7 Å². The summed E-state index contributed by atoms with van der Waals surface area (Å²) in [4.78, 5) is 25.8. The zero-order chi connectivity index (χ0) is 16.4. The van der Waals surface area contributed by atoms with Crippen molar-refractivity contribution in [3.63, 3.8) is 0 Å². The number of carboxylic acids is 1. The molecule has 0 spiro atoms. The van der Waals surface area contributed by atoms with E-state index in [1.54, 1.807) is 11.0 Å². The van der Waals surface area contributed by atoms with Gasteiger partial charge in [-0.15, -0.1) is 0 Å². The Balaban J connectivity index is 1.69. The molecule has 5 heteroatoms. The maximum Gasteiger partial charge on any atom is 0.306 e. The maximum atomic E-state index is 12.8. The SMILES string of the molecule is CC1CN(C(=O)c2ccccc2OCC2CC2)CCC1C(=O)O. The molecule has 1 aliphatic carbocycles. The smallest absolute Gasteiger partial charge is 0.306 e. The van der Waals surface area contributed by atoms with Crippen molar-refractivity contribution in [2.45, 2.75) is 26.2 Å². The van der Waals surface area contributed by atoms with Crippen LogP contribution in [0.15, 0.2) is 24.3 Å². The number of piperidine rings is 1.